The summed E-state index contributed by atoms with van der Waals surface area (Å²) in [6.45, 7) is 3.94. The van der Waals surface area contributed by atoms with E-state index in [1.54, 1.807) is 6.92 Å². The highest BCUT2D eigenvalue weighted by Crippen LogP contribution is 2.37. The number of rotatable bonds is 13. The summed E-state index contributed by atoms with van der Waals surface area (Å²) >= 11 is 0. The van der Waals surface area contributed by atoms with E-state index in [1.807, 2.05) is 24.3 Å². The number of carbonyl (C=O) groups is 1. The van der Waals surface area contributed by atoms with Crippen molar-refractivity contribution < 1.29 is 24.9 Å². The second kappa shape index (κ2) is 12.3. The van der Waals surface area contributed by atoms with Crippen molar-refractivity contribution in [2.45, 2.75) is 89.4 Å². The van der Waals surface area contributed by atoms with Gasteiger partial charge in [0.1, 0.15) is 0 Å². The molecule has 5 atom stereocenters. The van der Waals surface area contributed by atoms with Crippen LogP contribution < -0.4 is 0 Å². The van der Waals surface area contributed by atoms with Gasteiger partial charge in [-0.2, -0.15) is 0 Å². The lowest BCUT2D eigenvalue weighted by Crippen LogP contribution is -2.24. The lowest BCUT2D eigenvalue weighted by atomic mass is 9.87. The zero-order chi connectivity index (χ0) is 21.0. The third kappa shape index (κ3) is 9.04. The highest BCUT2D eigenvalue weighted by atomic mass is 16.5. The molecule has 0 bridgehead atoms. The van der Waals surface area contributed by atoms with Crippen LogP contribution in [0, 0.1) is 11.8 Å². The average molecular weight is 385 g/mol. The molecule has 0 aromatic rings. The highest BCUT2D eigenvalue weighted by Gasteiger charge is 2.39. The van der Waals surface area contributed by atoms with E-state index < -0.39 is 11.7 Å². The first-order valence-corrected chi connectivity index (χ1v) is 10.3. The lowest BCUT2D eigenvalue weighted by Gasteiger charge is -2.23. The molecule has 3 N–H and O–H groups in total. The van der Waals surface area contributed by atoms with E-state index in [0.717, 1.165) is 32.1 Å². The summed E-state index contributed by atoms with van der Waals surface area (Å²) in [5.74, 6) is -0.320. The van der Waals surface area contributed by atoms with Crippen molar-refractivity contribution in [1.29, 1.82) is 1.43 Å². The molecule has 0 unspecified atom stereocenters. The molecule has 0 saturated heterocycles. The number of hydrogen-bond donors (Lipinski definition) is 3. The average Bonchev–Trinajstić information content (AvgIpc) is 2.97. The number of hydrogen-bond acceptors (Lipinski definition) is 5. The summed E-state index contributed by atoms with van der Waals surface area (Å²) in [6, 6.07) is 0. The fourth-order valence-electron chi connectivity index (χ4n) is 3.71. The number of aliphatic hydroxyl groups excluding tert-OH is 2. The van der Waals surface area contributed by atoms with Crippen LogP contribution in [-0.4, -0.2) is 47.6 Å². The fourth-order valence-corrected chi connectivity index (χ4v) is 3.71. The summed E-state index contributed by atoms with van der Waals surface area (Å²) in [4.78, 5) is 11.1. The Morgan fingerprint density at radius 2 is 2.04 bits per heavy atom. The highest BCUT2D eigenvalue weighted by molar-refractivity contribution is 5.69. The quantitative estimate of drug-likeness (QED) is 0.257. The van der Waals surface area contributed by atoms with Gasteiger partial charge in [-0.25, -0.2) is 0 Å². The number of methoxy groups -OCH3 is 1. The van der Waals surface area contributed by atoms with Crippen molar-refractivity contribution in [2.24, 2.45) is 11.8 Å². The van der Waals surface area contributed by atoms with E-state index >= 15 is 0 Å². The summed E-state index contributed by atoms with van der Waals surface area (Å²) in [6.07, 6.45) is 13.7. The third-order valence-electron chi connectivity index (χ3n) is 5.43. The van der Waals surface area contributed by atoms with E-state index in [4.69, 9.17) is 6.54 Å². The van der Waals surface area contributed by atoms with Crippen LogP contribution in [0.2, 0.25) is 0 Å². The zero-order valence-electron chi connectivity index (χ0n) is 18.1. The standard InChI is InChI=1S/C22H38O5/c1-4-5-10-14-22(2,26)15-13-18-17(19(23)16-20(18)24)11-8-6-7-9-12-21(25)27-3/h6-7,13,15,17-20,23-24,26H,4-5,8-12,14,16H2,1-3H3/b7-6-,15-13+/t17-,18-,19+,20-,22+/m1/s1/i23T. The molecule has 5 heteroatoms. The van der Waals surface area contributed by atoms with Gasteiger partial charge in [0, 0.05) is 18.8 Å². The molecule has 0 amide bonds. The minimum Gasteiger partial charge on any atom is -0.469 e. The Balaban J connectivity index is 2.60. The molecular formula is C22H38O5. The Morgan fingerprint density at radius 1 is 1.30 bits per heavy atom. The Kier molecular flexibility index (Phi) is 10.1. The van der Waals surface area contributed by atoms with Crippen molar-refractivity contribution >= 4 is 5.97 Å². The lowest BCUT2D eigenvalue weighted by molar-refractivity contribution is -0.140. The Labute approximate surface area is 165 Å². The summed E-state index contributed by atoms with van der Waals surface area (Å²) in [5.41, 5.74) is -0.882. The van der Waals surface area contributed by atoms with Crippen LogP contribution in [0.4, 0.5) is 0 Å². The van der Waals surface area contributed by atoms with Crippen molar-refractivity contribution in [2.75, 3.05) is 7.11 Å². The van der Waals surface area contributed by atoms with Crippen LogP contribution in [0.3, 0.4) is 0 Å². The maximum Gasteiger partial charge on any atom is 0.305 e. The van der Waals surface area contributed by atoms with Crippen molar-refractivity contribution in [3.8, 4) is 0 Å². The van der Waals surface area contributed by atoms with Crippen LogP contribution >= 0.6 is 0 Å². The first-order valence-electron chi connectivity index (χ1n) is 10.7. The van der Waals surface area contributed by atoms with E-state index in [2.05, 4.69) is 11.7 Å². The maximum absolute atomic E-state index is 11.1. The van der Waals surface area contributed by atoms with Gasteiger partial charge in [0.05, 0.1) is 24.9 Å². The number of esters is 1. The molecule has 0 aliphatic heterocycles. The van der Waals surface area contributed by atoms with Crippen LogP contribution in [0.15, 0.2) is 24.3 Å². The molecule has 1 fully saturated rings. The second-order valence-corrected chi connectivity index (χ2v) is 7.92. The van der Waals surface area contributed by atoms with Crippen LogP contribution in [0.5, 0.6) is 0 Å². The largest absolute Gasteiger partial charge is 0.469 e. The smallest absolute Gasteiger partial charge is 0.305 e. The van der Waals surface area contributed by atoms with E-state index in [1.165, 1.54) is 7.11 Å². The normalized spacial score (nSPS) is 28.6. The molecule has 1 aliphatic rings. The van der Waals surface area contributed by atoms with Crippen LogP contribution in [-0.2, 0) is 9.53 Å². The van der Waals surface area contributed by atoms with E-state index in [-0.39, 0.29) is 23.9 Å². The molecule has 1 saturated carbocycles. The second-order valence-electron chi connectivity index (χ2n) is 7.92. The van der Waals surface area contributed by atoms with Crippen LogP contribution in [0.1, 0.15) is 71.6 Å². The van der Waals surface area contributed by atoms with Gasteiger partial charge in [-0.1, -0.05) is 50.5 Å². The van der Waals surface area contributed by atoms with Gasteiger partial charge in [0.2, 0.25) is 1.43 Å². The van der Waals surface area contributed by atoms with Gasteiger partial charge in [-0.15, -0.1) is 0 Å². The topological polar surface area (TPSA) is 87.0 Å². The first kappa shape index (κ1) is 22.1. The predicted octanol–water partition coefficient (Wildman–Crippen LogP) is 3.52. The Morgan fingerprint density at radius 3 is 2.70 bits per heavy atom. The minimum atomic E-state index is -0.882. The molecule has 0 aromatic carbocycles. The van der Waals surface area contributed by atoms with E-state index in [0.29, 0.717) is 25.7 Å². The molecule has 5 nitrogen and oxygen atoms in total. The molecule has 0 aromatic heterocycles. The molecule has 0 heterocycles. The summed E-state index contributed by atoms with van der Waals surface area (Å²) in [5, 5.41) is 25.9. The number of carbonyl (C=O) groups excluding carboxylic acids is 1. The van der Waals surface area contributed by atoms with Gasteiger partial charge in [-0.3, -0.25) is 4.79 Å². The van der Waals surface area contributed by atoms with Crippen molar-refractivity contribution in [3.05, 3.63) is 24.3 Å². The number of allylic oxidation sites excluding steroid dienone is 2. The van der Waals surface area contributed by atoms with Crippen LogP contribution in [0.25, 0.3) is 0 Å². The molecule has 156 valence electrons. The molecule has 27 heavy (non-hydrogen) atoms. The van der Waals surface area contributed by atoms with Crippen molar-refractivity contribution in [3.63, 3.8) is 0 Å². The third-order valence-corrected chi connectivity index (χ3v) is 5.43. The molecule has 0 radical (unpaired) electrons. The number of aliphatic hydroxyl groups is 3. The summed E-state index contributed by atoms with van der Waals surface area (Å²) in [7, 11) is 1.38. The predicted molar refractivity (Wildman–Crippen MR) is 107 cm³/mol. The SMILES string of the molecule is [3H]O[C@H]1C[C@@H](O)[C@H](/C=C/[C@@](C)(O)CCCCC)[C@H]1CC/C=C\CCC(=O)OC. The first-order chi connectivity index (χ1) is 13.3. The Bertz CT molecular complexity index is 503. The summed E-state index contributed by atoms with van der Waals surface area (Å²) < 4.78 is 11.9. The zero-order valence-corrected chi connectivity index (χ0v) is 17.1. The van der Waals surface area contributed by atoms with Gasteiger partial charge < -0.3 is 20.1 Å². The maximum atomic E-state index is 11.1. The monoisotopic (exact) mass is 384 g/mol. The van der Waals surface area contributed by atoms with Gasteiger partial charge in [0.15, 0.2) is 0 Å². The molecule has 1 rings (SSSR count). The van der Waals surface area contributed by atoms with Crippen molar-refractivity contribution in [1.82, 2.24) is 0 Å². The fraction of sp³-hybridized carbons (Fsp3) is 0.773. The number of ether oxygens (including phenoxy) is 1. The van der Waals surface area contributed by atoms with Gasteiger partial charge >= 0.3 is 5.97 Å². The Hall–Kier alpha value is -1.17. The number of unbranched alkanes of at least 4 members (excludes halogenated alkanes) is 2. The minimum absolute atomic E-state index is 0.0282. The molecule has 1 aliphatic carbocycles. The van der Waals surface area contributed by atoms with Gasteiger partial charge in [-0.05, 0) is 38.5 Å². The molecule has 0 spiro atoms. The van der Waals surface area contributed by atoms with Gasteiger partial charge in [0.25, 0.3) is 0 Å². The van der Waals surface area contributed by atoms with E-state index in [9.17, 15) is 15.0 Å². The molecular weight excluding hydrogens is 344 g/mol.